The molecule has 0 bridgehead atoms. The normalized spacial score (nSPS) is 19.9. The molecule has 0 saturated heterocycles. The summed E-state index contributed by atoms with van der Waals surface area (Å²) in [6.07, 6.45) is 4.81. The molecule has 1 fully saturated rings. The lowest BCUT2D eigenvalue weighted by molar-refractivity contribution is 0.0492. The Kier molecular flexibility index (Phi) is 6.07. The maximum Gasteiger partial charge on any atom is 0.407 e. The maximum absolute atomic E-state index is 11.9. The molecule has 0 radical (unpaired) electrons. The van der Waals surface area contributed by atoms with E-state index in [1.165, 1.54) is 0 Å². The molecule has 3 rings (SSSR count). The summed E-state index contributed by atoms with van der Waals surface area (Å²) in [7, 11) is 1.59. The van der Waals surface area contributed by atoms with Crippen molar-refractivity contribution in [3.63, 3.8) is 0 Å². The first kappa shape index (κ1) is 20.4. The number of pyridine rings is 1. The van der Waals surface area contributed by atoms with Gasteiger partial charge in [-0.1, -0.05) is 0 Å². The molecule has 9 heteroatoms. The number of amides is 1. The number of nitrogens with zero attached hydrogens (tertiary/aromatic N) is 3. The first-order valence-electron chi connectivity index (χ1n) is 9.37. The summed E-state index contributed by atoms with van der Waals surface area (Å²) < 4.78 is 10.7. The van der Waals surface area contributed by atoms with E-state index in [1.54, 1.807) is 13.3 Å². The van der Waals surface area contributed by atoms with Crippen LogP contribution in [0, 0.1) is 0 Å². The Balaban J connectivity index is 1.59. The van der Waals surface area contributed by atoms with Crippen LogP contribution in [0.4, 0.5) is 10.6 Å². The fourth-order valence-electron chi connectivity index (χ4n) is 3.27. The van der Waals surface area contributed by atoms with Crippen LogP contribution in [0.25, 0.3) is 11.0 Å². The highest BCUT2D eigenvalue weighted by atomic mass is 35.5. The standard InChI is InChI=1S/C19H26ClN5O3/c1-19(2,3)28-18(26)23-12-7-5-11(6-8-12)22-15-9-14(27-4)16-13(24-15)10-21-17(20)25-16/h9-12H,5-8H2,1-4H3,(H,22,24)(H,23,26). The SMILES string of the molecule is COc1cc(NC2CCC(NC(=O)OC(C)(C)C)CC2)nc2cnc(Cl)nc12. The van der Waals surface area contributed by atoms with Crippen molar-refractivity contribution in [2.45, 2.75) is 64.1 Å². The number of aromatic nitrogens is 3. The molecule has 2 aromatic heterocycles. The second-order valence-electron chi connectivity index (χ2n) is 7.92. The van der Waals surface area contributed by atoms with Crippen molar-refractivity contribution >= 4 is 34.5 Å². The predicted octanol–water partition coefficient (Wildman–Crippen LogP) is 3.93. The van der Waals surface area contributed by atoms with Gasteiger partial charge in [0, 0.05) is 18.2 Å². The highest BCUT2D eigenvalue weighted by Gasteiger charge is 2.25. The smallest absolute Gasteiger partial charge is 0.407 e. The van der Waals surface area contributed by atoms with Crippen molar-refractivity contribution < 1.29 is 14.3 Å². The fraction of sp³-hybridized carbons (Fsp3) is 0.579. The molecular formula is C19H26ClN5O3. The minimum Gasteiger partial charge on any atom is -0.494 e. The van der Waals surface area contributed by atoms with Crippen LogP contribution in [-0.2, 0) is 4.74 Å². The Bertz CT molecular complexity index is 847. The summed E-state index contributed by atoms with van der Waals surface area (Å²) in [5.41, 5.74) is 0.710. The van der Waals surface area contributed by atoms with Crippen molar-refractivity contribution in [2.24, 2.45) is 0 Å². The molecule has 0 atom stereocenters. The van der Waals surface area contributed by atoms with Gasteiger partial charge in [-0.25, -0.2) is 19.7 Å². The molecule has 2 aromatic rings. The number of halogens is 1. The van der Waals surface area contributed by atoms with E-state index < -0.39 is 5.60 Å². The number of carbonyl (C=O) groups is 1. The molecule has 28 heavy (non-hydrogen) atoms. The Hall–Kier alpha value is -2.35. The molecular weight excluding hydrogens is 382 g/mol. The van der Waals surface area contributed by atoms with E-state index in [0.717, 1.165) is 25.7 Å². The van der Waals surface area contributed by atoms with Crippen LogP contribution in [0.15, 0.2) is 12.3 Å². The van der Waals surface area contributed by atoms with E-state index in [4.69, 9.17) is 21.1 Å². The molecule has 0 aromatic carbocycles. The minimum atomic E-state index is -0.489. The molecule has 152 valence electrons. The summed E-state index contributed by atoms with van der Waals surface area (Å²) in [4.78, 5) is 24.7. The average Bonchev–Trinajstić information content (AvgIpc) is 2.61. The Morgan fingerprint density at radius 3 is 2.50 bits per heavy atom. The van der Waals surface area contributed by atoms with Crippen LogP contribution in [0.3, 0.4) is 0 Å². The highest BCUT2D eigenvalue weighted by Crippen LogP contribution is 2.28. The summed E-state index contributed by atoms with van der Waals surface area (Å²) in [5.74, 6) is 1.30. The molecule has 2 heterocycles. The van der Waals surface area contributed by atoms with Gasteiger partial charge in [0.15, 0.2) is 5.75 Å². The molecule has 8 nitrogen and oxygen atoms in total. The Labute approximate surface area is 169 Å². The molecule has 0 aliphatic heterocycles. The summed E-state index contributed by atoms with van der Waals surface area (Å²) in [5, 5.41) is 6.56. The summed E-state index contributed by atoms with van der Waals surface area (Å²) in [6, 6.07) is 2.21. The number of hydrogen-bond donors (Lipinski definition) is 2. The quantitative estimate of drug-likeness (QED) is 0.740. The summed E-state index contributed by atoms with van der Waals surface area (Å²) >= 11 is 5.87. The van der Waals surface area contributed by atoms with Gasteiger partial charge in [-0.05, 0) is 58.1 Å². The van der Waals surface area contributed by atoms with Gasteiger partial charge in [-0.2, -0.15) is 0 Å². The molecule has 1 aliphatic carbocycles. The van der Waals surface area contributed by atoms with Crippen LogP contribution >= 0.6 is 11.6 Å². The van der Waals surface area contributed by atoms with Gasteiger partial charge in [-0.15, -0.1) is 0 Å². The van der Waals surface area contributed by atoms with Gasteiger partial charge < -0.3 is 20.1 Å². The average molecular weight is 408 g/mol. The van der Waals surface area contributed by atoms with Gasteiger partial charge in [-0.3, -0.25) is 0 Å². The molecule has 1 saturated carbocycles. The van der Waals surface area contributed by atoms with E-state index in [0.29, 0.717) is 22.6 Å². The zero-order valence-corrected chi connectivity index (χ0v) is 17.3. The Morgan fingerprint density at radius 2 is 1.86 bits per heavy atom. The van der Waals surface area contributed by atoms with Crippen molar-refractivity contribution in [3.05, 3.63) is 17.5 Å². The van der Waals surface area contributed by atoms with Crippen LogP contribution in [0.2, 0.25) is 5.28 Å². The van der Waals surface area contributed by atoms with E-state index in [-0.39, 0.29) is 23.5 Å². The molecule has 2 N–H and O–H groups in total. The second-order valence-corrected chi connectivity index (χ2v) is 8.26. The fourth-order valence-corrected chi connectivity index (χ4v) is 3.40. The van der Waals surface area contributed by atoms with E-state index >= 15 is 0 Å². The zero-order valence-electron chi connectivity index (χ0n) is 16.6. The van der Waals surface area contributed by atoms with Crippen molar-refractivity contribution in [2.75, 3.05) is 12.4 Å². The highest BCUT2D eigenvalue weighted by molar-refractivity contribution is 6.28. The van der Waals surface area contributed by atoms with Crippen LogP contribution in [0.5, 0.6) is 5.75 Å². The topological polar surface area (TPSA) is 98.3 Å². The van der Waals surface area contributed by atoms with Crippen molar-refractivity contribution in [1.29, 1.82) is 0 Å². The maximum atomic E-state index is 11.9. The van der Waals surface area contributed by atoms with Gasteiger partial charge in [0.2, 0.25) is 5.28 Å². The first-order chi connectivity index (χ1) is 13.2. The van der Waals surface area contributed by atoms with Crippen LogP contribution in [0.1, 0.15) is 46.5 Å². The number of nitrogens with one attached hydrogen (secondary N) is 2. The first-order valence-corrected chi connectivity index (χ1v) is 9.74. The number of methoxy groups -OCH3 is 1. The lowest BCUT2D eigenvalue weighted by Crippen LogP contribution is -2.42. The largest absolute Gasteiger partial charge is 0.494 e. The van der Waals surface area contributed by atoms with Gasteiger partial charge >= 0.3 is 6.09 Å². The molecule has 1 amide bonds. The van der Waals surface area contributed by atoms with Crippen LogP contribution < -0.4 is 15.4 Å². The van der Waals surface area contributed by atoms with E-state index in [9.17, 15) is 4.79 Å². The minimum absolute atomic E-state index is 0.127. The van der Waals surface area contributed by atoms with Crippen molar-refractivity contribution in [1.82, 2.24) is 20.3 Å². The van der Waals surface area contributed by atoms with Crippen LogP contribution in [-0.4, -0.2) is 45.8 Å². The lowest BCUT2D eigenvalue weighted by Gasteiger charge is -2.30. The van der Waals surface area contributed by atoms with Gasteiger partial charge in [0.05, 0.1) is 13.3 Å². The number of anilines is 1. The summed E-state index contributed by atoms with van der Waals surface area (Å²) in [6.45, 7) is 5.58. The number of hydrogen-bond acceptors (Lipinski definition) is 7. The Morgan fingerprint density at radius 1 is 1.18 bits per heavy atom. The number of rotatable bonds is 4. The van der Waals surface area contributed by atoms with Gasteiger partial charge in [0.1, 0.15) is 22.5 Å². The lowest BCUT2D eigenvalue weighted by atomic mass is 9.91. The second kappa shape index (κ2) is 8.34. The van der Waals surface area contributed by atoms with E-state index in [2.05, 4.69) is 25.6 Å². The molecule has 0 spiro atoms. The third-order valence-corrected chi connectivity index (χ3v) is 4.68. The number of fused-ring (bicyclic) bond motifs is 1. The monoisotopic (exact) mass is 407 g/mol. The number of alkyl carbamates (subject to hydrolysis) is 1. The zero-order chi connectivity index (χ0) is 20.3. The molecule has 0 unspecified atom stereocenters. The van der Waals surface area contributed by atoms with Crippen molar-refractivity contribution in [3.8, 4) is 5.75 Å². The number of ether oxygens (including phenoxy) is 2. The third-order valence-electron chi connectivity index (χ3n) is 4.50. The molecule has 1 aliphatic rings. The third kappa shape index (κ3) is 5.34. The van der Waals surface area contributed by atoms with Gasteiger partial charge in [0.25, 0.3) is 0 Å². The predicted molar refractivity (Wildman–Crippen MR) is 108 cm³/mol. The van der Waals surface area contributed by atoms with E-state index in [1.807, 2.05) is 26.8 Å². The number of carbonyl (C=O) groups excluding carboxylic acids is 1.